The minimum Gasteiger partial charge on any atom is -0.395 e. The Morgan fingerprint density at radius 2 is 2.23 bits per heavy atom. The molecule has 0 aliphatic carbocycles. The molecule has 156 valence electrons. The molecule has 3 aromatic rings. The van der Waals surface area contributed by atoms with E-state index in [1.54, 1.807) is 17.1 Å². The van der Waals surface area contributed by atoms with Crippen LogP contribution < -0.4 is 10.6 Å². The lowest BCUT2D eigenvalue weighted by Gasteiger charge is -2.19. The lowest BCUT2D eigenvalue weighted by atomic mass is 9.96. The highest BCUT2D eigenvalue weighted by atomic mass is 16.3. The van der Waals surface area contributed by atoms with Crippen molar-refractivity contribution in [3.8, 4) is 11.3 Å². The maximum absolute atomic E-state index is 11.1. The first-order chi connectivity index (χ1) is 14.7. The standard InChI is InChI=1S/C21H25N7O2/c1-27-13-17(11-24-27)25-21-22-6-4-19(26-21)15-2-3-18-16(10-15)12-28(8-9-29)7-5-20(18)23-14-30/h2-4,6,10-11,13-14,20,29H,5,7-9,12H2,1H3,(H,23,30)(H,22,25,26). The van der Waals surface area contributed by atoms with Gasteiger partial charge in [-0.3, -0.25) is 14.4 Å². The molecule has 1 unspecified atom stereocenters. The molecule has 0 saturated heterocycles. The van der Waals surface area contributed by atoms with Gasteiger partial charge in [0.05, 0.1) is 30.2 Å². The summed E-state index contributed by atoms with van der Waals surface area (Å²) in [6, 6.07) is 8.03. The number of carbonyl (C=O) groups excluding carboxylic acids is 1. The van der Waals surface area contributed by atoms with Crippen LogP contribution in [0.1, 0.15) is 23.6 Å². The molecular weight excluding hydrogens is 382 g/mol. The Kier molecular flexibility index (Phi) is 6.01. The number of amides is 1. The molecule has 4 rings (SSSR count). The second kappa shape index (κ2) is 9.02. The van der Waals surface area contributed by atoms with Crippen molar-refractivity contribution in [2.45, 2.75) is 19.0 Å². The van der Waals surface area contributed by atoms with Gasteiger partial charge in [0.2, 0.25) is 12.4 Å². The van der Waals surface area contributed by atoms with Crippen LogP contribution in [-0.2, 0) is 18.4 Å². The maximum atomic E-state index is 11.1. The van der Waals surface area contributed by atoms with Gasteiger partial charge in [0, 0.05) is 44.6 Å². The van der Waals surface area contributed by atoms with Crippen molar-refractivity contribution in [1.82, 2.24) is 30.0 Å². The molecular formula is C21H25N7O2. The van der Waals surface area contributed by atoms with E-state index in [0.29, 0.717) is 19.0 Å². The molecule has 0 saturated carbocycles. The van der Waals surface area contributed by atoms with Gasteiger partial charge >= 0.3 is 0 Å². The number of nitrogens with one attached hydrogen (secondary N) is 2. The zero-order valence-electron chi connectivity index (χ0n) is 16.8. The van der Waals surface area contributed by atoms with Crippen LogP contribution in [0, 0.1) is 0 Å². The van der Waals surface area contributed by atoms with Crippen LogP contribution >= 0.6 is 0 Å². The summed E-state index contributed by atoms with van der Waals surface area (Å²) in [4.78, 5) is 22.2. The summed E-state index contributed by atoms with van der Waals surface area (Å²) in [5.74, 6) is 0.498. The number of aliphatic hydroxyl groups excluding tert-OH is 1. The number of rotatable bonds is 7. The number of aromatic nitrogens is 4. The summed E-state index contributed by atoms with van der Waals surface area (Å²) in [5.41, 5.74) is 4.82. The minimum absolute atomic E-state index is 0.0385. The fourth-order valence-electron chi connectivity index (χ4n) is 3.81. The predicted octanol–water partition coefficient (Wildman–Crippen LogP) is 1.61. The Labute approximate surface area is 174 Å². The molecule has 3 N–H and O–H groups in total. The van der Waals surface area contributed by atoms with Crippen LogP contribution in [0.3, 0.4) is 0 Å². The third-order valence-electron chi connectivity index (χ3n) is 5.24. The summed E-state index contributed by atoms with van der Waals surface area (Å²) in [7, 11) is 1.85. The van der Waals surface area contributed by atoms with Crippen LogP contribution in [-0.4, -0.2) is 55.9 Å². The van der Waals surface area contributed by atoms with Crippen molar-refractivity contribution in [2.24, 2.45) is 7.05 Å². The number of benzene rings is 1. The van der Waals surface area contributed by atoms with Gasteiger partial charge in [0.15, 0.2) is 0 Å². The van der Waals surface area contributed by atoms with E-state index in [1.807, 2.05) is 25.4 Å². The van der Waals surface area contributed by atoms with Gasteiger partial charge in [-0.05, 0) is 29.7 Å². The average Bonchev–Trinajstić information content (AvgIpc) is 3.07. The molecule has 3 heterocycles. The highest BCUT2D eigenvalue weighted by Gasteiger charge is 2.22. The van der Waals surface area contributed by atoms with Crippen molar-refractivity contribution < 1.29 is 9.90 Å². The van der Waals surface area contributed by atoms with E-state index in [9.17, 15) is 9.90 Å². The Hall–Kier alpha value is -3.30. The number of aryl methyl sites for hydroxylation is 1. The van der Waals surface area contributed by atoms with E-state index < -0.39 is 0 Å². The Balaban J connectivity index is 1.64. The zero-order chi connectivity index (χ0) is 20.9. The van der Waals surface area contributed by atoms with Gasteiger partial charge in [0.25, 0.3) is 0 Å². The first-order valence-electron chi connectivity index (χ1n) is 9.91. The molecule has 1 aliphatic rings. The van der Waals surface area contributed by atoms with Crippen LogP contribution in [0.2, 0.25) is 0 Å². The molecule has 30 heavy (non-hydrogen) atoms. The van der Waals surface area contributed by atoms with Crippen LogP contribution in [0.25, 0.3) is 11.3 Å². The quantitative estimate of drug-likeness (QED) is 0.511. The molecule has 9 heteroatoms. The fraction of sp³-hybridized carbons (Fsp3) is 0.333. The fourth-order valence-corrected chi connectivity index (χ4v) is 3.81. The van der Waals surface area contributed by atoms with Gasteiger partial charge in [-0.25, -0.2) is 9.97 Å². The van der Waals surface area contributed by atoms with Crippen molar-refractivity contribution in [3.63, 3.8) is 0 Å². The number of fused-ring (bicyclic) bond motifs is 1. The summed E-state index contributed by atoms with van der Waals surface area (Å²) in [6.45, 7) is 2.23. The lowest BCUT2D eigenvalue weighted by molar-refractivity contribution is -0.110. The molecule has 1 aromatic carbocycles. The van der Waals surface area contributed by atoms with Crippen molar-refractivity contribution in [3.05, 3.63) is 54.0 Å². The monoisotopic (exact) mass is 407 g/mol. The average molecular weight is 407 g/mol. The van der Waals surface area contributed by atoms with Gasteiger partial charge in [-0.15, -0.1) is 0 Å². The highest BCUT2D eigenvalue weighted by molar-refractivity contribution is 5.64. The van der Waals surface area contributed by atoms with Crippen molar-refractivity contribution in [2.75, 3.05) is 25.0 Å². The third-order valence-corrected chi connectivity index (χ3v) is 5.24. The summed E-state index contributed by atoms with van der Waals surface area (Å²) in [6.07, 6.45) is 6.85. The van der Waals surface area contributed by atoms with Crippen LogP contribution in [0.15, 0.2) is 42.9 Å². The van der Waals surface area contributed by atoms with E-state index in [-0.39, 0.29) is 12.6 Å². The summed E-state index contributed by atoms with van der Waals surface area (Å²) in [5, 5.41) is 19.6. The highest BCUT2D eigenvalue weighted by Crippen LogP contribution is 2.30. The van der Waals surface area contributed by atoms with E-state index in [2.05, 4.69) is 42.7 Å². The SMILES string of the molecule is Cn1cc(Nc2nccc(-c3ccc4c(c3)CN(CCO)CCC4NC=O)n2)cn1. The predicted molar refractivity (Wildman–Crippen MR) is 113 cm³/mol. The van der Waals surface area contributed by atoms with Gasteiger partial charge < -0.3 is 15.7 Å². The van der Waals surface area contributed by atoms with Crippen LogP contribution in [0.5, 0.6) is 0 Å². The number of aliphatic hydroxyl groups is 1. The first kappa shape index (κ1) is 20.0. The van der Waals surface area contributed by atoms with E-state index >= 15 is 0 Å². The van der Waals surface area contributed by atoms with Gasteiger partial charge in [-0.1, -0.05) is 12.1 Å². The molecule has 1 aliphatic heterocycles. The Bertz CT molecular complexity index is 1020. The molecule has 9 nitrogen and oxygen atoms in total. The third kappa shape index (κ3) is 4.47. The van der Waals surface area contributed by atoms with Crippen molar-refractivity contribution in [1.29, 1.82) is 0 Å². The summed E-state index contributed by atoms with van der Waals surface area (Å²) < 4.78 is 1.71. The Morgan fingerprint density at radius 1 is 1.33 bits per heavy atom. The molecule has 0 radical (unpaired) electrons. The maximum Gasteiger partial charge on any atom is 0.227 e. The topological polar surface area (TPSA) is 108 Å². The number of hydrogen-bond acceptors (Lipinski definition) is 7. The molecule has 1 atom stereocenters. The van der Waals surface area contributed by atoms with Crippen LogP contribution in [0.4, 0.5) is 11.6 Å². The number of hydrogen-bond donors (Lipinski definition) is 3. The molecule has 0 spiro atoms. The number of anilines is 2. The smallest absolute Gasteiger partial charge is 0.227 e. The summed E-state index contributed by atoms with van der Waals surface area (Å²) >= 11 is 0. The lowest BCUT2D eigenvalue weighted by Crippen LogP contribution is -2.27. The number of β-amino-alcohol motifs (C(OH)–C–C–N with tert-alkyl or cyclic N) is 1. The van der Waals surface area contributed by atoms with E-state index in [0.717, 1.165) is 47.4 Å². The normalized spacial score (nSPS) is 16.5. The zero-order valence-corrected chi connectivity index (χ0v) is 16.8. The Morgan fingerprint density at radius 3 is 3.00 bits per heavy atom. The first-order valence-corrected chi connectivity index (χ1v) is 9.91. The second-order valence-corrected chi connectivity index (χ2v) is 7.33. The number of carbonyl (C=O) groups is 1. The largest absolute Gasteiger partial charge is 0.395 e. The minimum atomic E-state index is -0.0385. The molecule has 0 bridgehead atoms. The number of nitrogens with zero attached hydrogens (tertiary/aromatic N) is 5. The van der Waals surface area contributed by atoms with Crippen molar-refractivity contribution >= 4 is 18.0 Å². The van der Waals surface area contributed by atoms with Gasteiger partial charge in [0.1, 0.15) is 0 Å². The van der Waals surface area contributed by atoms with E-state index in [4.69, 9.17) is 0 Å². The molecule has 1 amide bonds. The molecule has 2 aromatic heterocycles. The molecule has 0 fully saturated rings. The second-order valence-electron chi connectivity index (χ2n) is 7.33. The van der Waals surface area contributed by atoms with E-state index in [1.165, 1.54) is 0 Å². The van der Waals surface area contributed by atoms with Gasteiger partial charge in [-0.2, -0.15) is 5.10 Å².